The fourth-order valence-electron chi connectivity index (χ4n) is 3.04. The second-order valence-corrected chi connectivity index (χ2v) is 8.33. The summed E-state index contributed by atoms with van der Waals surface area (Å²) in [6.45, 7) is 0.721. The summed E-state index contributed by atoms with van der Waals surface area (Å²) in [7, 11) is 1.61. The molecule has 0 aromatic heterocycles. The van der Waals surface area contributed by atoms with Crippen LogP contribution in [0.1, 0.15) is 11.1 Å². The van der Waals surface area contributed by atoms with Crippen molar-refractivity contribution in [1.82, 2.24) is 4.90 Å². The van der Waals surface area contributed by atoms with Gasteiger partial charge < -0.3 is 9.47 Å². The SMILES string of the molecule is COc1cccc2c1OCC(C=C1SC(=S)N(Cc3ccccc3Cl)C1=O)=C2. The molecule has 0 bridgehead atoms. The number of nitrogens with zero attached hydrogens (tertiary/aromatic N) is 1. The van der Waals surface area contributed by atoms with Crippen LogP contribution in [0.2, 0.25) is 5.02 Å². The van der Waals surface area contributed by atoms with Gasteiger partial charge in [0.05, 0.1) is 18.6 Å². The summed E-state index contributed by atoms with van der Waals surface area (Å²) in [6.07, 6.45) is 3.84. The highest BCUT2D eigenvalue weighted by Gasteiger charge is 2.32. The molecule has 4 nitrogen and oxygen atoms in total. The standard InChI is InChI=1S/C21H16ClNO3S2/c1-25-17-8-4-6-14-9-13(12-26-19(14)17)10-18-20(24)23(21(27)28-18)11-15-5-2-3-7-16(15)22/h2-10H,11-12H2,1H3. The number of amides is 1. The second-order valence-electron chi connectivity index (χ2n) is 6.25. The molecule has 2 aromatic carbocycles. The zero-order valence-corrected chi connectivity index (χ0v) is 17.4. The topological polar surface area (TPSA) is 38.8 Å². The van der Waals surface area contributed by atoms with Crippen molar-refractivity contribution < 1.29 is 14.3 Å². The number of carbonyl (C=O) groups excluding carboxylic acids is 1. The van der Waals surface area contributed by atoms with Crippen molar-refractivity contribution in [2.24, 2.45) is 0 Å². The maximum absolute atomic E-state index is 12.9. The third kappa shape index (κ3) is 3.68. The fourth-order valence-corrected chi connectivity index (χ4v) is 4.51. The Bertz CT molecular complexity index is 1030. The van der Waals surface area contributed by atoms with Crippen molar-refractivity contribution in [3.8, 4) is 11.5 Å². The minimum absolute atomic E-state index is 0.118. The van der Waals surface area contributed by atoms with Crippen molar-refractivity contribution in [2.75, 3.05) is 13.7 Å². The lowest BCUT2D eigenvalue weighted by Crippen LogP contribution is -2.27. The van der Waals surface area contributed by atoms with Crippen molar-refractivity contribution >= 4 is 51.9 Å². The van der Waals surface area contributed by atoms with Gasteiger partial charge in [0.15, 0.2) is 11.5 Å². The fraction of sp³-hybridized carbons (Fsp3) is 0.143. The van der Waals surface area contributed by atoms with Crippen molar-refractivity contribution in [3.05, 3.63) is 75.2 Å². The number of fused-ring (bicyclic) bond motifs is 1. The number of ether oxygens (including phenoxy) is 2. The third-order valence-corrected chi connectivity index (χ3v) is 6.18. The van der Waals surface area contributed by atoms with Gasteiger partial charge >= 0.3 is 0 Å². The van der Waals surface area contributed by atoms with Crippen LogP contribution in [0.25, 0.3) is 6.08 Å². The number of para-hydroxylation sites is 1. The molecule has 4 rings (SSSR count). The predicted molar refractivity (Wildman–Crippen MR) is 117 cm³/mol. The highest BCUT2D eigenvalue weighted by atomic mass is 35.5. The van der Waals surface area contributed by atoms with Gasteiger partial charge in [-0.15, -0.1) is 0 Å². The molecule has 0 saturated carbocycles. The third-order valence-electron chi connectivity index (χ3n) is 4.43. The van der Waals surface area contributed by atoms with Crippen molar-refractivity contribution in [3.63, 3.8) is 0 Å². The summed E-state index contributed by atoms with van der Waals surface area (Å²) in [5.74, 6) is 1.29. The Hall–Kier alpha value is -2.28. The molecule has 142 valence electrons. The first-order valence-corrected chi connectivity index (χ1v) is 10.2. The number of hydrogen-bond donors (Lipinski definition) is 0. The number of rotatable bonds is 4. The van der Waals surface area contributed by atoms with Crippen LogP contribution in [0.3, 0.4) is 0 Å². The molecule has 0 unspecified atom stereocenters. The van der Waals surface area contributed by atoms with E-state index in [0.717, 1.165) is 16.7 Å². The monoisotopic (exact) mass is 429 g/mol. The molecule has 0 spiro atoms. The van der Waals surface area contributed by atoms with E-state index >= 15 is 0 Å². The molecule has 0 atom stereocenters. The molecule has 0 aliphatic carbocycles. The molecule has 0 radical (unpaired) electrons. The smallest absolute Gasteiger partial charge is 0.266 e. The van der Waals surface area contributed by atoms with Gasteiger partial charge in [0, 0.05) is 10.6 Å². The summed E-state index contributed by atoms with van der Waals surface area (Å²) < 4.78 is 11.7. The van der Waals surface area contributed by atoms with Crippen LogP contribution in [0.4, 0.5) is 0 Å². The zero-order valence-electron chi connectivity index (χ0n) is 15.0. The van der Waals surface area contributed by atoms with Gasteiger partial charge in [-0.1, -0.05) is 65.9 Å². The van der Waals surface area contributed by atoms with E-state index in [2.05, 4.69) is 0 Å². The van der Waals surface area contributed by atoms with Gasteiger partial charge in [-0.05, 0) is 35.4 Å². The van der Waals surface area contributed by atoms with Crippen molar-refractivity contribution in [2.45, 2.75) is 6.54 Å². The average molecular weight is 430 g/mol. The Balaban J connectivity index is 1.57. The Labute approximate surface area is 177 Å². The van der Waals surface area contributed by atoms with E-state index in [-0.39, 0.29) is 5.91 Å². The highest BCUT2D eigenvalue weighted by Crippen LogP contribution is 2.38. The van der Waals surface area contributed by atoms with E-state index in [4.69, 9.17) is 33.3 Å². The van der Waals surface area contributed by atoms with Crippen LogP contribution >= 0.6 is 35.6 Å². The number of carbonyl (C=O) groups is 1. The number of methoxy groups -OCH3 is 1. The minimum atomic E-state index is -0.118. The lowest BCUT2D eigenvalue weighted by molar-refractivity contribution is -0.122. The van der Waals surface area contributed by atoms with Gasteiger partial charge in [0.25, 0.3) is 5.91 Å². The van der Waals surface area contributed by atoms with Gasteiger partial charge in [-0.25, -0.2) is 0 Å². The average Bonchev–Trinajstić information content (AvgIpc) is 2.96. The molecule has 1 amide bonds. The van der Waals surface area contributed by atoms with Gasteiger partial charge in [-0.2, -0.15) is 0 Å². The first-order valence-electron chi connectivity index (χ1n) is 8.56. The minimum Gasteiger partial charge on any atom is -0.493 e. The van der Waals surface area contributed by atoms with E-state index in [1.54, 1.807) is 18.1 Å². The largest absolute Gasteiger partial charge is 0.493 e. The molecular formula is C21H16ClNO3S2. The van der Waals surface area contributed by atoms with E-state index < -0.39 is 0 Å². The maximum atomic E-state index is 12.9. The lowest BCUT2D eigenvalue weighted by Gasteiger charge is -2.18. The first-order chi connectivity index (χ1) is 13.6. The Morgan fingerprint density at radius 1 is 1.29 bits per heavy atom. The van der Waals surface area contributed by atoms with E-state index in [1.165, 1.54) is 11.8 Å². The number of halogens is 1. The molecule has 2 heterocycles. The Morgan fingerprint density at radius 2 is 2.11 bits per heavy atom. The van der Waals surface area contributed by atoms with Crippen molar-refractivity contribution in [1.29, 1.82) is 0 Å². The summed E-state index contributed by atoms with van der Waals surface area (Å²) in [5, 5.41) is 0.620. The van der Waals surface area contributed by atoms with Crippen LogP contribution in [-0.4, -0.2) is 28.8 Å². The molecule has 7 heteroatoms. The highest BCUT2D eigenvalue weighted by molar-refractivity contribution is 8.26. The van der Waals surface area contributed by atoms with Gasteiger partial charge in [0.2, 0.25) is 0 Å². The maximum Gasteiger partial charge on any atom is 0.266 e. The zero-order chi connectivity index (χ0) is 19.7. The summed E-state index contributed by atoms with van der Waals surface area (Å²) in [4.78, 5) is 15.0. The van der Waals surface area contributed by atoms with Gasteiger partial charge in [-0.3, -0.25) is 9.69 Å². The van der Waals surface area contributed by atoms with Crippen LogP contribution in [-0.2, 0) is 11.3 Å². The Morgan fingerprint density at radius 3 is 2.89 bits per heavy atom. The molecule has 0 N–H and O–H groups in total. The molecular weight excluding hydrogens is 414 g/mol. The van der Waals surface area contributed by atoms with Crippen LogP contribution in [0.15, 0.2) is 59.0 Å². The summed E-state index contributed by atoms with van der Waals surface area (Å²) in [5.41, 5.74) is 2.69. The van der Waals surface area contributed by atoms with E-state index in [1.807, 2.05) is 48.6 Å². The number of hydrogen-bond acceptors (Lipinski definition) is 5. The Kier molecular flexibility index (Phi) is 5.44. The lowest BCUT2D eigenvalue weighted by atomic mass is 10.1. The molecule has 1 saturated heterocycles. The molecule has 28 heavy (non-hydrogen) atoms. The quantitative estimate of drug-likeness (QED) is 0.501. The number of benzene rings is 2. The summed E-state index contributed by atoms with van der Waals surface area (Å²) >= 11 is 12.9. The van der Waals surface area contributed by atoms with Crippen LogP contribution in [0.5, 0.6) is 11.5 Å². The molecule has 1 fully saturated rings. The molecule has 2 aliphatic heterocycles. The van der Waals surface area contributed by atoms with Gasteiger partial charge in [0.1, 0.15) is 10.9 Å². The second kappa shape index (κ2) is 7.99. The molecule has 2 aromatic rings. The van der Waals surface area contributed by atoms with Crippen LogP contribution in [0, 0.1) is 0 Å². The predicted octanol–water partition coefficient (Wildman–Crippen LogP) is 5.07. The van der Waals surface area contributed by atoms with E-state index in [0.29, 0.717) is 38.9 Å². The van der Waals surface area contributed by atoms with E-state index in [9.17, 15) is 4.79 Å². The number of thiocarbonyl (C=S) groups is 1. The first kappa shape index (κ1) is 19.1. The summed E-state index contributed by atoms with van der Waals surface area (Å²) in [6, 6.07) is 13.2. The number of thioether (sulfide) groups is 1. The normalized spacial score (nSPS) is 17.4. The van der Waals surface area contributed by atoms with Crippen LogP contribution < -0.4 is 9.47 Å². The molecule has 2 aliphatic rings.